The second kappa shape index (κ2) is 5.77. The summed E-state index contributed by atoms with van der Waals surface area (Å²) in [4.78, 5) is 24.1. The van der Waals surface area contributed by atoms with E-state index >= 15 is 0 Å². The second-order valence-electron chi connectivity index (χ2n) is 4.87. The van der Waals surface area contributed by atoms with Crippen LogP contribution in [0.15, 0.2) is 42.5 Å². The molecule has 0 aliphatic carbocycles. The van der Waals surface area contributed by atoms with Crippen LogP contribution in [0.5, 0.6) is 0 Å². The predicted molar refractivity (Wildman–Crippen MR) is 79.4 cm³/mol. The summed E-state index contributed by atoms with van der Waals surface area (Å²) in [5.41, 5.74) is 1.16. The number of anilines is 1. The van der Waals surface area contributed by atoms with Crippen LogP contribution < -0.4 is 5.32 Å². The zero-order valence-electron chi connectivity index (χ0n) is 11.3. The number of benzene rings is 2. The van der Waals surface area contributed by atoms with E-state index in [1.807, 2.05) is 0 Å². The fourth-order valence-corrected chi connectivity index (χ4v) is 2.47. The van der Waals surface area contributed by atoms with E-state index in [9.17, 15) is 14.0 Å². The highest BCUT2D eigenvalue weighted by molar-refractivity contribution is 6.33. The molecule has 0 aromatic heterocycles. The molecule has 1 amide bonds. The third kappa shape index (κ3) is 2.80. The van der Waals surface area contributed by atoms with Gasteiger partial charge >= 0.3 is 5.97 Å². The maximum absolute atomic E-state index is 13.3. The highest BCUT2D eigenvalue weighted by atomic mass is 35.5. The first kappa shape index (κ1) is 14.5. The van der Waals surface area contributed by atoms with Gasteiger partial charge in [-0.25, -0.2) is 9.18 Å². The summed E-state index contributed by atoms with van der Waals surface area (Å²) in [6.45, 7) is 0. The van der Waals surface area contributed by atoms with E-state index in [-0.39, 0.29) is 12.0 Å². The van der Waals surface area contributed by atoms with E-state index in [2.05, 4.69) is 5.32 Å². The molecule has 0 fully saturated rings. The fourth-order valence-electron chi connectivity index (χ4n) is 2.29. The Balaban J connectivity index is 1.80. The normalized spacial score (nSPS) is 16.6. The number of cyclic esters (lactones) is 1. The molecule has 2 aromatic carbocycles. The standard InChI is InChI=1S/C16H11ClFNO3/c17-12-3-1-2-4-13(12)19-15(20)14-8-9-7-10(18)5-6-11(9)16(21)22-14/h1-7,14H,8H2,(H,19,20). The molecule has 0 radical (unpaired) electrons. The van der Waals surface area contributed by atoms with Gasteiger partial charge in [-0.2, -0.15) is 0 Å². The van der Waals surface area contributed by atoms with Gasteiger partial charge in [-0.15, -0.1) is 0 Å². The smallest absolute Gasteiger partial charge is 0.339 e. The second-order valence-corrected chi connectivity index (χ2v) is 5.28. The minimum Gasteiger partial charge on any atom is -0.448 e. The van der Waals surface area contributed by atoms with Crippen molar-refractivity contribution >= 4 is 29.2 Å². The summed E-state index contributed by atoms with van der Waals surface area (Å²) in [6, 6.07) is 10.5. The summed E-state index contributed by atoms with van der Waals surface area (Å²) in [5.74, 6) is -1.60. The van der Waals surface area contributed by atoms with Crippen LogP contribution in [-0.2, 0) is 16.0 Å². The van der Waals surface area contributed by atoms with E-state index < -0.39 is 23.8 Å². The van der Waals surface area contributed by atoms with Gasteiger partial charge in [-0.3, -0.25) is 4.79 Å². The van der Waals surface area contributed by atoms with Crippen molar-refractivity contribution in [3.05, 3.63) is 64.4 Å². The van der Waals surface area contributed by atoms with Gasteiger partial charge in [0.05, 0.1) is 16.3 Å². The number of carbonyl (C=O) groups is 2. The molecule has 1 unspecified atom stereocenters. The van der Waals surface area contributed by atoms with Crippen molar-refractivity contribution < 1.29 is 18.7 Å². The lowest BCUT2D eigenvalue weighted by Crippen LogP contribution is -2.38. The van der Waals surface area contributed by atoms with Crippen LogP contribution in [0.1, 0.15) is 15.9 Å². The fraction of sp³-hybridized carbons (Fsp3) is 0.125. The number of esters is 1. The Bertz CT molecular complexity index is 763. The van der Waals surface area contributed by atoms with E-state index in [1.165, 1.54) is 18.2 Å². The molecular formula is C16H11ClFNO3. The first-order chi connectivity index (χ1) is 10.5. The highest BCUT2D eigenvalue weighted by Gasteiger charge is 2.31. The topological polar surface area (TPSA) is 55.4 Å². The monoisotopic (exact) mass is 319 g/mol. The molecule has 1 N–H and O–H groups in total. The first-order valence-corrected chi connectivity index (χ1v) is 6.97. The lowest BCUT2D eigenvalue weighted by atomic mass is 9.98. The van der Waals surface area contributed by atoms with E-state index in [0.717, 1.165) is 0 Å². The minimum absolute atomic E-state index is 0.120. The number of rotatable bonds is 2. The van der Waals surface area contributed by atoms with Crippen molar-refractivity contribution in [1.82, 2.24) is 0 Å². The largest absolute Gasteiger partial charge is 0.448 e. The van der Waals surface area contributed by atoms with Crippen molar-refractivity contribution in [3.8, 4) is 0 Å². The van der Waals surface area contributed by atoms with Gasteiger partial charge in [-0.1, -0.05) is 23.7 Å². The Hall–Kier alpha value is -2.40. The minimum atomic E-state index is -1.02. The molecule has 1 aliphatic heterocycles. The molecular weight excluding hydrogens is 309 g/mol. The maximum Gasteiger partial charge on any atom is 0.339 e. The maximum atomic E-state index is 13.3. The summed E-state index contributed by atoms with van der Waals surface area (Å²) in [7, 11) is 0. The molecule has 6 heteroatoms. The highest BCUT2D eigenvalue weighted by Crippen LogP contribution is 2.24. The van der Waals surface area contributed by atoms with Crippen molar-refractivity contribution in [3.63, 3.8) is 0 Å². The molecule has 0 bridgehead atoms. The van der Waals surface area contributed by atoms with E-state index in [4.69, 9.17) is 16.3 Å². The average Bonchev–Trinajstić information content (AvgIpc) is 2.49. The molecule has 22 heavy (non-hydrogen) atoms. The van der Waals surface area contributed by atoms with Gasteiger partial charge in [0.2, 0.25) is 0 Å². The van der Waals surface area contributed by atoms with Crippen LogP contribution in [0.3, 0.4) is 0 Å². The number of hydrogen-bond donors (Lipinski definition) is 1. The molecule has 4 nitrogen and oxygen atoms in total. The lowest BCUT2D eigenvalue weighted by molar-refractivity contribution is -0.125. The third-order valence-corrected chi connectivity index (χ3v) is 3.70. The average molecular weight is 320 g/mol. The predicted octanol–water partition coefficient (Wildman–Crippen LogP) is 3.20. The molecule has 3 rings (SSSR count). The summed E-state index contributed by atoms with van der Waals surface area (Å²) < 4.78 is 18.4. The molecule has 1 atom stereocenters. The van der Waals surface area contributed by atoms with E-state index in [1.54, 1.807) is 24.3 Å². The Kier molecular flexibility index (Phi) is 3.81. The molecule has 1 heterocycles. The molecule has 0 saturated carbocycles. The van der Waals surface area contributed by atoms with Gasteiger partial charge in [-0.05, 0) is 35.9 Å². The van der Waals surface area contributed by atoms with Gasteiger partial charge in [0.1, 0.15) is 5.82 Å². The van der Waals surface area contributed by atoms with Crippen LogP contribution in [0.25, 0.3) is 0 Å². The first-order valence-electron chi connectivity index (χ1n) is 6.59. The quantitative estimate of drug-likeness (QED) is 0.865. The zero-order valence-corrected chi connectivity index (χ0v) is 12.1. The van der Waals surface area contributed by atoms with Crippen LogP contribution in [0.2, 0.25) is 5.02 Å². The van der Waals surface area contributed by atoms with Crippen molar-refractivity contribution in [1.29, 1.82) is 0 Å². The molecule has 0 saturated heterocycles. The zero-order chi connectivity index (χ0) is 15.7. The number of halogens is 2. The number of fused-ring (bicyclic) bond motifs is 1. The molecule has 0 spiro atoms. The van der Waals surface area contributed by atoms with Crippen molar-refractivity contribution in [2.24, 2.45) is 0 Å². The number of para-hydroxylation sites is 1. The van der Waals surface area contributed by atoms with Crippen molar-refractivity contribution in [2.75, 3.05) is 5.32 Å². The van der Waals surface area contributed by atoms with Crippen LogP contribution in [0, 0.1) is 5.82 Å². The van der Waals surface area contributed by atoms with Gasteiger partial charge < -0.3 is 10.1 Å². The van der Waals surface area contributed by atoms with Crippen LogP contribution in [-0.4, -0.2) is 18.0 Å². The summed E-state index contributed by atoms with van der Waals surface area (Å²) >= 11 is 5.97. The lowest BCUT2D eigenvalue weighted by Gasteiger charge is -2.24. The SMILES string of the molecule is O=C1OC(C(=O)Nc2ccccc2Cl)Cc2cc(F)ccc21. The van der Waals surface area contributed by atoms with Crippen LogP contribution in [0.4, 0.5) is 10.1 Å². The molecule has 1 aliphatic rings. The summed E-state index contributed by atoms with van der Waals surface area (Å²) in [5, 5.41) is 2.98. The Labute approximate surface area is 130 Å². The third-order valence-electron chi connectivity index (χ3n) is 3.37. The van der Waals surface area contributed by atoms with Gasteiger partial charge in [0.15, 0.2) is 6.10 Å². The van der Waals surface area contributed by atoms with E-state index in [0.29, 0.717) is 16.3 Å². The van der Waals surface area contributed by atoms with Crippen LogP contribution >= 0.6 is 11.6 Å². The van der Waals surface area contributed by atoms with Gasteiger partial charge in [0.25, 0.3) is 5.91 Å². The van der Waals surface area contributed by atoms with Gasteiger partial charge in [0, 0.05) is 6.42 Å². The van der Waals surface area contributed by atoms with Crippen molar-refractivity contribution in [2.45, 2.75) is 12.5 Å². The Morgan fingerprint density at radius 1 is 1.27 bits per heavy atom. The summed E-state index contributed by atoms with van der Waals surface area (Å²) in [6.07, 6.45) is -0.896. The Morgan fingerprint density at radius 2 is 2.05 bits per heavy atom. The molecule has 2 aromatic rings. The Morgan fingerprint density at radius 3 is 2.82 bits per heavy atom. The number of nitrogens with one attached hydrogen (secondary N) is 1. The number of carbonyl (C=O) groups excluding carboxylic acids is 2. The molecule has 112 valence electrons. The number of ether oxygens (including phenoxy) is 1. The number of amides is 1. The number of hydrogen-bond acceptors (Lipinski definition) is 3.